The van der Waals surface area contributed by atoms with Gasteiger partial charge in [0.1, 0.15) is 18.2 Å². The summed E-state index contributed by atoms with van der Waals surface area (Å²) in [5.41, 5.74) is 1.59. The van der Waals surface area contributed by atoms with E-state index >= 15 is 0 Å². The van der Waals surface area contributed by atoms with Crippen LogP contribution in [0.25, 0.3) is 0 Å². The Morgan fingerprint density at radius 1 is 1.29 bits per heavy atom. The number of aromatic nitrogens is 2. The van der Waals surface area contributed by atoms with Crippen LogP contribution in [0.3, 0.4) is 0 Å². The summed E-state index contributed by atoms with van der Waals surface area (Å²) in [5, 5.41) is 0.0657. The molecule has 21 heavy (non-hydrogen) atoms. The van der Waals surface area contributed by atoms with Crippen LogP contribution in [0.4, 0.5) is 5.69 Å². The summed E-state index contributed by atoms with van der Waals surface area (Å²) in [4.78, 5) is 4.14. The van der Waals surface area contributed by atoms with Crippen molar-refractivity contribution in [3.05, 3.63) is 35.8 Å². The van der Waals surface area contributed by atoms with E-state index in [-0.39, 0.29) is 11.6 Å². The Hall–Kier alpha value is -2.02. The van der Waals surface area contributed by atoms with Gasteiger partial charge in [-0.25, -0.2) is 4.98 Å². The number of nitrogens with zero attached hydrogens (tertiary/aromatic N) is 3. The van der Waals surface area contributed by atoms with Gasteiger partial charge < -0.3 is 9.30 Å². The molecule has 6 nitrogen and oxygen atoms in total. The number of benzene rings is 1. The third kappa shape index (κ3) is 2.27. The van der Waals surface area contributed by atoms with Crippen LogP contribution < -0.4 is 9.04 Å². The fourth-order valence-corrected chi connectivity index (χ4v) is 3.80. The highest BCUT2D eigenvalue weighted by molar-refractivity contribution is 7.92. The second-order valence-electron chi connectivity index (χ2n) is 5.13. The quantitative estimate of drug-likeness (QED) is 0.846. The zero-order valence-corrected chi connectivity index (χ0v) is 13.0. The molecule has 7 heteroatoms. The van der Waals surface area contributed by atoms with E-state index in [1.54, 1.807) is 24.6 Å². The first-order valence-corrected chi connectivity index (χ1v) is 8.10. The van der Waals surface area contributed by atoms with Crippen molar-refractivity contribution in [2.45, 2.75) is 18.9 Å². The molecule has 1 aromatic heterocycles. The van der Waals surface area contributed by atoms with Gasteiger partial charge in [0.05, 0.1) is 12.2 Å². The zero-order valence-electron chi connectivity index (χ0n) is 12.2. The van der Waals surface area contributed by atoms with Crippen molar-refractivity contribution in [3.63, 3.8) is 0 Å². The molecular weight excluding hydrogens is 290 g/mol. The molecule has 1 aliphatic rings. The number of sulfonamides is 1. The summed E-state index contributed by atoms with van der Waals surface area (Å²) < 4.78 is 34.2. The Labute approximate surface area is 124 Å². The van der Waals surface area contributed by atoms with E-state index in [9.17, 15) is 8.42 Å². The Bertz CT molecular complexity index is 776. The van der Waals surface area contributed by atoms with Gasteiger partial charge in [0.15, 0.2) is 5.03 Å². The topological polar surface area (TPSA) is 64.4 Å². The monoisotopic (exact) mass is 307 g/mol. The molecular formula is C14H17N3O3S. The Morgan fingerprint density at radius 3 is 2.71 bits per heavy atom. The van der Waals surface area contributed by atoms with Gasteiger partial charge in [-0.2, -0.15) is 8.42 Å². The van der Waals surface area contributed by atoms with Crippen molar-refractivity contribution in [2.24, 2.45) is 7.05 Å². The summed E-state index contributed by atoms with van der Waals surface area (Å²) >= 11 is 0. The third-order valence-electron chi connectivity index (χ3n) is 3.58. The summed E-state index contributed by atoms with van der Waals surface area (Å²) in [7, 11) is -1.89. The average Bonchev–Trinajstić information content (AvgIpc) is 2.78. The molecule has 0 saturated carbocycles. The molecule has 0 fully saturated rings. The molecule has 0 unspecified atom stereocenters. The van der Waals surface area contributed by atoms with Crippen molar-refractivity contribution in [1.82, 2.24) is 9.55 Å². The Kier molecular flexibility index (Phi) is 3.16. The molecule has 0 bridgehead atoms. The van der Waals surface area contributed by atoms with E-state index < -0.39 is 10.0 Å². The van der Waals surface area contributed by atoms with Crippen LogP contribution in [0.2, 0.25) is 0 Å². The lowest BCUT2D eigenvalue weighted by Crippen LogP contribution is -2.38. The second-order valence-corrected chi connectivity index (χ2v) is 6.94. The molecule has 0 spiro atoms. The molecule has 1 aliphatic heterocycles. The van der Waals surface area contributed by atoms with E-state index in [0.29, 0.717) is 23.9 Å². The van der Waals surface area contributed by atoms with Crippen molar-refractivity contribution >= 4 is 15.7 Å². The second kappa shape index (κ2) is 4.77. The van der Waals surface area contributed by atoms with Crippen molar-refractivity contribution in [1.29, 1.82) is 0 Å². The van der Waals surface area contributed by atoms with Gasteiger partial charge in [0, 0.05) is 13.2 Å². The maximum Gasteiger partial charge on any atom is 0.283 e. The van der Waals surface area contributed by atoms with E-state index in [4.69, 9.17) is 4.74 Å². The van der Waals surface area contributed by atoms with Crippen molar-refractivity contribution < 1.29 is 13.2 Å². The molecule has 2 heterocycles. The standard InChI is InChI=1S/C14H17N3O3S/c1-10-4-5-12-13(8-10)20-7-6-17(12)21(18,19)14-9-16(3)11(2)15-14/h4-5,8-9H,6-7H2,1-3H3. The molecule has 112 valence electrons. The van der Waals surface area contributed by atoms with Crippen LogP contribution in [0.5, 0.6) is 5.75 Å². The van der Waals surface area contributed by atoms with E-state index in [1.165, 1.54) is 10.5 Å². The van der Waals surface area contributed by atoms with Crippen LogP contribution >= 0.6 is 0 Å². The molecule has 1 aromatic carbocycles. The average molecular weight is 307 g/mol. The molecule has 3 rings (SSSR count). The van der Waals surface area contributed by atoms with Crippen LogP contribution in [0.1, 0.15) is 11.4 Å². The number of anilines is 1. The minimum absolute atomic E-state index is 0.0657. The molecule has 0 saturated heterocycles. The Morgan fingerprint density at radius 2 is 2.05 bits per heavy atom. The van der Waals surface area contributed by atoms with Crippen LogP contribution in [-0.4, -0.2) is 31.1 Å². The first-order valence-electron chi connectivity index (χ1n) is 6.66. The minimum atomic E-state index is -3.67. The third-order valence-corrected chi connectivity index (χ3v) is 5.26. The van der Waals surface area contributed by atoms with Crippen LogP contribution in [-0.2, 0) is 17.1 Å². The predicted molar refractivity (Wildman–Crippen MR) is 79.2 cm³/mol. The van der Waals surface area contributed by atoms with Gasteiger partial charge in [-0.05, 0) is 31.5 Å². The number of aryl methyl sites for hydroxylation is 3. The van der Waals surface area contributed by atoms with Gasteiger partial charge >= 0.3 is 0 Å². The number of fused-ring (bicyclic) bond motifs is 1. The van der Waals surface area contributed by atoms with Crippen LogP contribution in [0, 0.1) is 13.8 Å². The highest BCUT2D eigenvalue weighted by Gasteiger charge is 2.32. The SMILES string of the molecule is Cc1ccc2c(c1)OCCN2S(=O)(=O)c1cn(C)c(C)n1. The summed E-state index contributed by atoms with van der Waals surface area (Å²) in [6, 6.07) is 5.50. The lowest BCUT2D eigenvalue weighted by Gasteiger charge is -2.29. The smallest absolute Gasteiger partial charge is 0.283 e. The number of hydrogen-bond donors (Lipinski definition) is 0. The molecule has 0 amide bonds. The van der Waals surface area contributed by atoms with E-state index in [1.807, 2.05) is 19.1 Å². The van der Waals surface area contributed by atoms with Gasteiger partial charge in [0.2, 0.25) is 0 Å². The molecule has 0 radical (unpaired) electrons. The van der Waals surface area contributed by atoms with Crippen molar-refractivity contribution in [3.8, 4) is 5.75 Å². The largest absolute Gasteiger partial charge is 0.489 e. The summed E-state index contributed by atoms with van der Waals surface area (Å²) in [6.45, 7) is 4.34. The molecule has 0 N–H and O–H groups in total. The lowest BCUT2D eigenvalue weighted by atomic mass is 10.2. The predicted octanol–water partition coefficient (Wildman–Crippen LogP) is 1.62. The number of hydrogen-bond acceptors (Lipinski definition) is 4. The van der Waals surface area contributed by atoms with E-state index in [0.717, 1.165) is 5.56 Å². The van der Waals surface area contributed by atoms with E-state index in [2.05, 4.69) is 4.98 Å². The fraction of sp³-hybridized carbons (Fsp3) is 0.357. The number of rotatable bonds is 2. The summed E-state index contributed by atoms with van der Waals surface area (Å²) in [6.07, 6.45) is 1.54. The first kappa shape index (κ1) is 13.9. The summed E-state index contributed by atoms with van der Waals surface area (Å²) in [5.74, 6) is 1.25. The molecule has 0 aliphatic carbocycles. The highest BCUT2D eigenvalue weighted by atomic mass is 32.2. The van der Waals surface area contributed by atoms with Gasteiger partial charge in [0.25, 0.3) is 10.0 Å². The van der Waals surface area contributed by atoms with Gasteiger partial charge in [-0.1, -0.05) is 6.07 Å². The van der Waals surface area contributed by atoms with Crippen LogP contribution in [0.15, 0.2) is 29.4 Å². The highest BCUT2D eigenvalue weighted by Crippen LogP contribution is 2.35. The zero-order chi connectivity index (χ0) is 15.2. The lowest BCUT2D eigenvalue weighted by molar-refractivity contribution is 0.315. The van der Waals surface area contributed by atoms with Crippen molar-refractivity contribution in [2.75, 3.05) is 17.5 Å². The Balaban J connectivity index is 2.09. The normalized spacial score (nSPS) is 14.7. The maximum atomic E-state index is 12.8. The van der Waals surface area contributed by atoms with Gasteiger partial charge in [-0.15, -0.1) is 0 Å². The number of ether oxygens (including phenoxy) is 1. The first-order chi connectivity index (χ1) is 9.89. The fourth-order valence-electron chi connectivity index (χ4n) is 2.32. The molecule has 2 aromatic rings. The van der Waals surface area contributed by atoms with Gasteiger partial charge in [-0.3, -0.25) is 4.31 Å². The maximum absolute atomic E-state index is 12.8. The number of imidazole rings is 1. The molecule has 0 atom stereocenters. The minimum Gasteiger partial charge on any atom is -0.489 e.